The van der Waals surface area contributed by atoms with Crippen molar-refractivity contribution in [2.24, 2.45) is 11.0 Å². The highest BCUT2D eigenvalue weighted by Crippen LogP contribution is 2.30. The molecule has 4 rings (SSSR count). The smallest absolute Gasteiger partial charge is 0.256 e. The Hall–Kier alpha value is -2.70. The fourth-order valence-corrected chi connectivity index (χ4v) is 3.93. The monoisotopic (exact) mass is 396 g/mol. The first-order valence-electron chi connectivity index (χ1n) is 9.25. The number of hydrogen-bond acceptors (Lipinski definition) is 4. The first kappa shape index (κ1) is 18.7. The molecule has 0 aromatic heterocycles. The Balaban J connectivity index is 1.50. The van der Waals surface area contributed by atoms with Crippen molar-refractivity contribution in [1.29, 1.82) is 0 Å². The average Bonchev–Trinajstić information content (AvgIpc) is 2.98. The first-order chi connectivity index (χ1) is 13.5. The highest BCUT2D eigenvalue weighted by Gasteiger charge is 2.39. The minimum absolute atomic E-state index is 0.00243. The van der Waals surface area contributed by atoms with E-state index in [0.717, 1.165) is 35.8 Å². The number of likely N-dealkylation sites (tertiary alicyclic amines) is 1. The van der Waals surface area contributed by atoms with E-state index in [9.17, 15) is 9.59 Å². The molecule has 2 aromatic rings. The molecule has 1 unspecified atom stereocenters. The summed E-state index contributed by atoms with van der Waals surface area (Å²) in [6.45, 7) is 3.72. The topological polar surface area (TPSA) is 65.0 Å². The van der Waals surface area contributed by atoms with Crippen LogP contribution in [0.1, 0.15) is 18.9 Å². The molecule has 7 heteroatoms. The van der Waals surface area contributed by atoms with Crippen LogP contribution in [0.25, 0.3) is 0 Å². The zero-order valence-electron chi connectivity index (χ0n) is 15.6. The Morgan fingerprint density at radius 2 is 2.07 bits per heavy atom. The SMILES string of the molecule is CC(=O)Nc1cccc(N2N=C3CN(Cc4cccc(Cl)c4)CCC3C2=O)c1. The number of fused-ring (bicyclic) bond motifs is 1. The number of anilines is 2. The quantitative estimate of drug-likeness (QED) is 0.859. The molecular weight excluding hydrogens is 376 g/mol. The van der Waals surface area contributed by atoms with Crippen molar-refractivity contribution in [3.63, 3.8) is 0 Å². The van der Waals surface area contributed by atoms with Crippen LogP contribution in [0.5, 0.6) is 0 Å². The Morgan fingerprint density at radius 1 is 1.25 bits per heavy atom. The third kappa shape index (κ3) is 3.93. The Morgan fingerprint density at radius 3 is 2.86 bits per heavy atom. The molecule has 2 aliphatic heterocycles. The van der Waals surface area contributed by atoms with Crippen molar-refractivity contribution in [3.05, 3.63) is 59.1 Å². The molecule has 1 saturated heterocycles. The molecule has 2 aliphatic rings. The van der Waals surface area contributed by atoms with Gasteiger partial charge in [-0.05, 0) is 42.3 Å². The van der Waals surface area contributed by atoms with Gasteiger partial charge >= 0.3 is 0 Å². The zero-order chi connectivity index (χ0) is 19.7. The average molecular weight is 397 g/mol. The van der Waals surface area contributed by atoms with Gasteiger partial charge in [0.25, 0.3) is 5.91 Å². The molecule has 2 aromatic carbocycles. The number of carbonyl (C=O) groups is 2. The number of nitrogens with one attached hydrogen (secondary N) is 1. The molecule has 0 aliphatic carbocycles. The number of halogens is 1. The van der Waals surface area contributed by atoms with Gasteiger partial charge in [0.2, 0.25) is 5.91 Å². The van der Waals surface area contributed by atoms with E-state index < -0.39 is 0 Å². The minimum Gasteiger partial charge on any atom is -0.326 e. The van der Waals surface area contributed by atoms with Gasteiger partial charge in [0.05, 0.1) is 17.3 Å². The van der Waals surface area contributed by atoms with Gasteiger partial charge in [0, 0.05) is 37.3 Å². The van der Waals surface area contributed by atoms with Crippen molar-refractivity contribution in [2.45, 2.75) is 19.9 Å². The van der Waals surface area contributed by atoms with Crippen LogP contribution >= 0.6 is 11.6 Å². The minimum atomic E-state index is -0.167. The van der Waals surface area contributed by atoms with Crippen LogP contribution in [0.3, 0.4) is 0 Å². The second kappa shape index (κ2) is 7.73. The van der Waals surface area contributed by atoms with Crippen molar-refractivity contribution in [1.82, 2.24) is 4.90 Å². The number of hydrogen-bond donors (Lipinski definition) is 1. The van der Waals surface area contributed by atoms with E-state index in [-0.39, 0.29) is 17.7 Å². The van der Waals surface area contributed by atoms with Gasteiger partial charge in [0.1, 0.15) is 0 Å². The summed E-state index contributed by atoms with van der Waals surface area (Å²) in [4.78, 5) is 26.4. The lowest BCUT2D eigenvalue weighted by molar-refractivity contribution is -0.120. The van der Waals surface area contributed by atoms with Gasteiger partial charge < -0.3 is 5.32 Å². The highest BCUT2D eigenvalue weighted by molar-refractivity contribution is 6.30. The van der Waals surface area contributed by atoms with Crippen LogP contribution in [-0.2, 0) is 16.1 Å². The molecule has 0 saturated carbocycles. The second-order valence-electron chi connectivity index (χ2n) is 7.15. The van der Waals surface area contributed by atoms with Gasteiger partial charge in [-0.15, -0.1) is 0 Å². The Kier molecular flexibility index (Phi) is 5.15. The highest BCUT2D eigenvalue weighted by atomic mass is 35.5. The molecule has 28 heavy (non-hydrogen) atoms. The fourth-order valence-electron chi connectivity index (χ4n) is 3.72. The van der Waals surface area contributed by atoms with E-state index in [2.05, 4.69) is 21.4 Å². The number of rotatable bonds is 4. The molecule has 144 valence electrons. The van der Waals surface area contributed by atoms with E-state index in [1.807, 2.05) is 30.3 Å². The molecule has 1 fully saturated rings. The third-order valence-corrected chi connectivity index (χ3v) is 5.20. The van der Waals surface area contributed by atoms with Gasteiger partial charge in [-0.25, -0.2) is 5.01 Å². The Labute approximate surface area is 168 Å². The molecule has 1 N–H and O–H groups in total. The summed E-state index contributed by atoms with van der Waals surface area (Å²) in [6, 6.07) is 15.0. The third-order valence-electron chi connectivity index (χ3n) is 4.96. The predicted molar refractivity (Wildman–Crippen MR) is 111 cm³/mol. The standard InChI is InChI=1S/C21H21ClN4O2/c1-14(27)23-17-6-3-7-18(11-17)26-21(28)19-8-9-25(13-20(19)24-26)12-15-4-2-5-16(22)10-15/h2-7,10-11,19H,8-9,12-13H2,1H3,(H,23,27). The maximum absolute atomic E-state index is 12.9. The molecular formula is C21H21ClN4O2. The predicted octanol–water partition coefficient (Wildman–Crippen LogP) is 3.52. The van der Waals surface area contributed by atoms with Crippen molar-refractivity contribution >= 4 is 40.5 Å². The number of piperidine rings is 1. The fraction of sp³-hybridized carbons (Fsp3) is 0.286. The van der Waals surface area contributed by atoms with Gasteiger partial charge in [-0.1, -0.05) is 29.8 Å². The van der Waals surface area contributed by atoms with Gasteiger partial charge in [0.15, 0.2) is 0 Å². The first-order valence-corrected chi connectivity index (χ1v) is 9.63. The summed E-state index contributed by atoms with van der Waals surface area (Å²) in [7, 11) is 0. The van der Waals surface area contributed by atoms with E-state index >= 15 is 0 Å². The van der Waals surface area contributed by atoms with Crippen LogP contribution in [0.4, 0.5) is 11.4 Å². The van der Waals surface area contributed by atoms with E-state index in [4.69, 9.17) is 11.6 Å². The summed E-state index contributed by atoms with van der Waals surface area (Å²) in [5, 5.41) is 9.55. The van der Waals surface area contributed by atoms with E-state index in [1.54, 1.807) is 12.1 Å². The number of amides is 2. The Bertz CT molecular complexity index is 959. The van der Waals surface area contributed by atoms with Crippen molar-refractivity contribution in [3.8, 4) is 0 Å². The largest absolute Gasteiger partial charge is 0.326 e. The normalized spacial score (nSPS) is 19.4. The van der Waals surface area contributed by atoms with Crippen LogP contribution in [0.15, 0.2) is 53.6 Å². The molecule has 2 amide bonds. The number of hydrazone groups is 1. The van der Waals surface area contributed by atoms with Gasteiger partial charge in [-0.2, -0.15) is 5.10 Å². The molecule has 2 heterocycles. The zero-order valence-corrected chi connectivity index (χ0v) is 16.3. The number of carbonyl (C=O) groups excluding carboxylic acids is 2. The lowest BCUT2D eigenvalue weighted by atomic mass is 9.94. The van der Waals surface area contributed by atoms with Crippen molar-refractivity contribution < 1.29 is 9.59 Å². The summed E-state index contributed by atoms with van der Waals surface area (Å²) >= 11 is 6.08. The summed E-state index contributed by atoms with van der Waals surface area (Å²) < 4.78 is 0. The maximum atomic E-state index is 12.9. The number of nitrogens with zero attached hydrogens (tertiary/aromatic N) is 3. The van der Waals surface area contributed by atoms with Crippen LogP contribution in [0, 0.1) is 5.92 Å². The van der Waals surface area contributed by atoms with Crippen LogP contribution < -0.4 is 10.3 Å². The molecule has 0 bridgehead atoms. The van der Waals surface area contributed by atoms with Crippen molar-refractivity contribution in [2.75, 3.05) is 23.4 Å². The molecule has 0 radical (unpaired) electrons. The van der Waals surface area contributed by atoms with Gasteiger partial charge in [-0.3, -0.25) is 14.5 Å². The van der Waals surface area contributed by atoms with E-state index in [0.29, 0.717) is 17.9 Å². The number of benzene rings is 2. The summed E-state index contributed by atoms with van der Waals surface area (Å²) in [5.74, 6) is -0.320. The lowest BCUT2D eigenvalue weighted by Crippen LogP contribution is -2.41. The maximum Gasteiger partial charge on any atom is 0.256 e. The summed E-state index contributed by atoms with van der Waals surface area (Å²) in [5.41, 5.74) is 3.36. The van der Waals surface area contributed by atoms with Crippen LogP contribution in [-0.4, -0.2) is 35.5 Å². The molecule has 0 spiro atoms. The van der Waals surface area contributed by atoms with Crippen LogP contribution in [0.2, 0.25) is 5.02 Å². The lowest BCUT2D eigenvalue weighted by Gasteiger charge is -2.29. The second-order valence-corrected chi connectivity index (χ2v) is 7.59. The van der Waals surface area contributed by atoms with E-state index in [1.165, 1.54) is 11.9 Å². The summed E-state index contributed by atoms with van der Waals surface area (Å²) in [6.07, 6.45) is 0.750. The molecule has 1 atom stereocenters. The molecule has 6 nitrogen and oxygen atoms in total.